The molecule has 2 aromatic heterocycles. The minimum absolute atomic E-state index is 0.0332. The van der Waals surface area contributed by atoms with E-state index in [4.69, 9.17) is 4.98 Å². The summed E-state index contributed by atoms with van der Waals surface area (Å²) < 4.78 is 3.24. The topological polar surface area (TPSA) is 98.9 Å². The molecule has 0 aromatic carbocycles. The van der Waals surface area contributed by atoms with Crippen LogP contribution in [-0.2, 0) is 24.2 Å². The van der Waals surface area contributed by atoms with Gasteiger partial charge in [-0.1, -0.05) is 11.8 Å². The van der Waals surface area contributed by atoms with E-state index in [9.17, 15) is 14.4 Å². The van der Waals surface area contributed by atoms with Crippen LogP contribution in [0, 0.1) is 0 Å². The fourth-order valence-corrected chi connectivity index (χ4v) is 5.43. The van der Waals surface area contributed by atoms with Crippen molar-refractivity contribution in [2.24, 2.45) is 0 Å². The normalized spacial score (nSPS) is 19.9. The predicted molar refractivity (Wildman–Crippen MR) is 113 cm³/mol. The first-order valence-corrected chi connectivity index (χ1v) is 11.7. The second-order valence-electron chi connectivity index (χ2n) is 8.34. The lowest BCUT2D eigenvalue weighted by atomic mass is 9.97. The summed E-state index contributed by atoms with van der Waals surface area (Å²) in [4.78, 5) is 46.7. The number of amides is 1. The molecule has 0 spiro atoms. The van der Waals surface area contributed by atoms with E-state index in [-0.39, 0.29) is 29.5 Å². The van der Waals surface area contributed by atoms with E-state index in [1.165, 1.54) is 4.57 Å². The van der Waals surface area contributed by atoms with Gasteiger partial charge in [-0.25, -0.2) is 9.97 Å². The molecule has 1 aliphatic heterocycles. The maximum Gasteiger partial charge on any atom is 0.257 e. The van der Waals surface area contributed by atoms with Gasteiger partial charge in [0.1, 0.15) is 0 Å². The van der Waals surface area contributed by atoms with E-state index < -0.39 is 0 Å². The minimum Gasteiger partial charge on any atom is -0.354 e. The van der Waals surface area contributed by atoms with E-state index in [1.807, 2.05) is 0 Å². The lowest BCUT2D eigenvalue weighted by Gasteiger charge is -2.18. The van der Waals surface area contributed by atoms with Crippen molar-refractivity contribution in [2.75, 3.05) is 12.3 Å². The molecule has 1 saturated carbocycles. The zero-order valence-electron chi connectivity index (χ0n) is 16.8. The molecule has 1 atom stereocenters. The van der Waals surface area contributed by atoms with Crippen molar-refractivity contribution in [2.45, 2.75) is 68.6 Å². The van der Waals surface area contributed by atoms with E-state index in [2.05, 4.69) is 10.3 Å². The maximum absolute atomic E-state index is 12.9. The highest BCUT2D eigenvalue weighted by Crippen LogP contribution is 2.38. The molecule has 2 aliphatic carbocycles. The molecule has 9 heteroatoms. The summed E-state index contributed by atoms with van der Waals surface area (Å²) in [6, 6.07) is 1.44. The molecule has 158 valence electrons. The third kappa shape index (κ3) is 3.82. The molecular formula is C21H25N5O3S. The summed E-state index contributed by atoms with van der Waals surface area (Å²) in [5.41, 5.74) is 2.61. The van der Waals surface area contributed by atoms with Gasteiger partial charge in [-0.3, -0.25) is 23.5 Å². The van der Waals surface area contributed by atoms with Crippen LogP contribution in [0.25, 0.3) is 0 Å². The average Bonchev–Trinajstić information content (AvgIpc) is 3.51. The highest BCUT2D eigenvalue weighted by atomic mass is 32.2. The van der Waals surface area contributed by atoms with Gasteiger partial charge in [0.15, 0.2) is 5.16 Å². The lowest BCUT2D eigenvalue weighted by molar-refractivity contribution is -0.121. The third-order valence-corrected chi connectivity index (χ3v) is 7.21. The molecule has 1 N–H and O–H groups in total. The Morgan fingerprint density at radius 3 is 2.87 bits per heavy atom. The van der Waals surface area contributed by atoms with Gasteiger partial charge in [0, 0.05) is 42.8 Å². The van der Waals surface area contributed by atoms with Crippen LogP contribution < -0.4 is 16.4 Å². The van der Waals surface area contributed by atoms with E-state index >= 15 is 0 Å². The van der Waals surface area contributed by atoms with Crippen molar-refractivity contribution < 1.29 is 4.79 Å². The van der Waals surface area contributed by atoms with Gasteiger partial charge in [0.25, 0.3) is 11.1 Å². The molecule has 3 heterocycles. The van der Waals surface area contributed by atoms with Gasteiger partial charge in [0.05, 0.1) is 23.8 Å². The van der Waals surface area contributed by atoms with Crippen molar-refractivity contribution in [3.8, 4) is 0 Å². The number of nitrogens with one attached hydrogen (secondary N) is 1. The smallest absolute Gasteiger partial charge is 0.257 e. The number of aromatic nitrogens is 4. The van der Waals surface area contributed by atoms with E-state index in [0.717, 1.165) is 60.6 Å². The Labute approximate surface area is 178 Å². The fourth-order valence-electron chi connectivity index (χ4n) is 4.28. The van der Waals surface area contributed by atoms with Crippen LogP contribution in [0.2, 0.25) is 0 Å². The van der Waals surface area contributed by atoms with Gasteiger partial charge in [-0.05, 0) is 38.5 Å². The number of thioether (sulfide) groups is 1. The highest BCUT2D eigenvalue weighted by Gasteiger charge is 2.30. The summed E-state index contributed by atoms with van der Waals surface area (Å²) in [5, 5.41) is 3.62. The molecule has 8 nitrogen and oxygen atoms in total. The lowest BCUT2D eigenvalue weighted by Crippen LogP contribution is -2.35. The van der Waals surface area contributed by atoms with Crippen molar-refractivity contribution in [1.82, 2.24) is 24.4 Å². The van der Waals surface area contributed by atoms with Gasteiger partial charge < -0.3 is 5.32 Å². The van der Waals surface area contributed by atoms with Gasteiger partial charge >= 0.3 is 0 Å². The van der Waals surface area contributed by atoms with Crippen molar-refractivity contribution in [3.63, 3.8) is 0 Å². The Bertz CT molecular complexity index is 1100. The van der Waals surface area contributed by atoms with Crippen LogP contribution in [-0.4, -0.2) is 37.3 Å². The molecule has 1 amide bonds. The number of aryl methyl sites for hydroxylation is 1. The SMILES string of the molecule is O=C(CC1CSc2nc3c(c(=O)n21)CCCC3)NCCn1cnc(C2CC2)cc1=O. The number of fused-ring (bicyclic) bond motifs is 2. The first-order valence-electron chi connectivity index (χ1n) is 10.7. The third-order valence-electron chi connectivity index (χ3n) is 6.11. The monoisotopic (exact) mass is 427 g/mol. The maximum atomic E-state index is 12.9. The van der Waals surface area contributed by atoms with Crippen LogP contribution in [0.1, 0.15) is 61.0 Å². The summed E-state index contributed by atoms with van der Waals surface area (Å²) >= 11 is 1.55. The Morgan fingerprint density at radius 2 is 2.07 bits per heavy atom. The summed E-state index contributed by atoms with van der Waals surface area (Å²) in [7, 11) is 0. The first-order chi connectivity index (χ1) is 14.6. The Morgan fingerprint density at radius 1 is 1.23 bits per heavy atom. The van der Waals surface area contributed by atoms with Crippen LogP contribution in [0.15, 0.2) is 27.1 Å². The molecule has 5 rings (SSSR count). The molecule has 0 saturated heterocycles. The largest absolute Gasteiger partial charge is 0.354 e. The Hall–Kier alpha value is -2.42. The Kier molecular flexibility index (Phi) is 5.22. The predicted octanol–water partition coefficient (Wildman–Crippen LogP) is 1.41. The molecule has 0 radical (unpaired) electrons. The van der Waals surface area contributed by atoms with E-state index in [1.54, 1.807) is 28.7 Å². The number of rotatable bonds is 6. The second-order valence-corrected chi connectivity index (χ2v) is 9.33. The van der Waals surface area contributed by atoms with Crippen molar-refractivity contribution in [3.05, 3.63) is 50.1 Å². The minimum atomic E-state index is -0.167. The number of hydrogen-bond donors (Lipinski definition) is 1. The van der Waals surface area contributed by atoms with Gasteiger partial charge in [-0.15, -0.1) is 0 Å². The standard InChI is InChI=1S/C21H25N5O3S/c27-18(22-7-8-25-12-23-17(10-19(25)28)13-5-6-13)9-14-11-30-21-24-16-4-2-1-3-15(16)20(29)26(14)21/h10,12-14H,1-9,11H2,(H,22,27). The summed E-state index contributed by atoms with van der Waals surface area (Å²) in [6.07, 6.45) is 7.80. The van der Waals surface area contributed by atoms with E-state index in [0.29, 0.717) is 24.8 Å². The van der Waals surface area contributed by atoms with Crippen LogP contribution in [0.4, 0.5) is 0 Å². The zero-order valence-corrected chi connectivity index (χ0v) is 17.6. The number of carbonyl (C=O) groups is 1. The van der Waals surface area contributed by atoms with Crippen molar-refractivity contribution in [1.29, 1.82) is 0 Å². The van der Waals surface area contributed by atoms with Gasteiger partial charge in [-0.2, -0.15) is 0 Å². The molecule has 30 heavy (non-hydrogen) atoms. The molecule has 0 bridgehead atoms. The number of nitrogens with zero attached hydrogens (tertiary/aromatic N) is 4. The van der Waals surface area contributed by atoms with Crippen molar-refractivity contribution >= 4 is 17.7 Å². The number of carbonyl (C=O) groups excluding carboxylic acids is 1. The molecule has 2 aromatic rings. The van der Waals surface area contributed by atoms with Crippen LogP contribution >= 0.6 is 11.8 Å². The van der Waals surface area contributed by atoms with Crippen LogP contribution in [0.3, 0.4) is 0 Å². The first kappa shape index (κ1) is 19.5. The molecular weight excluding hydrogens is 402 g/mol. The second kappa shape index (κ2) is 8.02. The highest BCUT2D eigenvalue weighted by molar-refractivity contribution is 7.99. The zero-order chi connectivity index (χ0) is 20.7. The molecule has 1 unspecified atom stereocenters. The summed E-state index contributed by atoms with van der Waals surface area (Å²) in [6.45, 7) is 0.737. The molecule has 1 fully saturated rings. The average molecular weight is 428 g/mol. The van der Waals surface area contributed by atoms with Gasteiger partial charge in [0.2, 0.25) is 5.91 Å². The van der Waals surface area contributed by atoms with Crippen LogP contribution in [0.5, 0.6) is 0 Å². The number of hydrogen-bond acceptors (Lipinski definition) is 6. The fraction of sp³-hybridized carbons (Fsp3) is 0.571. The summed E-state index contributed by atoms with van der Waals surface area (Å²) in [5.74, 6) is 1.02. The molecule has 3 aliphatic rings. The quantitative estimate of drug-likeness (QED) is 0.700. The Balaban J connectivity index is 1.19.